The van der Waals surface area contributed by atoms with Gasteiger partial charge in [0.05, 0.1) is 12.2 Å². The highest BCUT2D eigenvalue weighted by molar-refractivity contribution is 6.31. The third-order valence-corrected chi connectivity index (χ3v) is 3.05. The fourth-order valence-corrected chi connectivity index (χ4v) is 1.97. The van der Waals surface area contributed by atoms with Crippen molar-refractivity contribution in [3.63, 3.8) is 0 Å². The van der Waals surface area contributed by atoms with Gasteiger partial charge in [0.15, 0.2) is 0 Å². The molecule has 4 nitrogen and oxygen atoms in total. The van der Waals surface area contributed by atoms with Gasteiger partial charge in [0.2, 0.25) is 0 Å². The van der Waals surface area contributed by atoms with Crippen molar-refractivity contribution in [3.05, 3.63) is 28.8 Å². The number of hydrogen-bond acceptors (Lipinski definition) is 3. The number of halogens is 1. The number of anilines is 1. The second-order valence-electron chi connectivity index (χ2n) is 4.23. The number of benzene rings is 1. The summed E-state index contributed by atoms with van der Waals surface area (Å²) < 4.78 is 0. The number of aliphatic hydroxyl groups is 1. The van der Waals surface area contributed by atoms with Crippen molar-refractivity contribution in [2.24, 2.45) is 0 Å². The molecule has 0 heterocycles. The van der Waals surface area contributed by atoms with Gasteiger partial charge in [-0.3, -0.25) is 4.79 Å². The van der Waals surface area contributed by atoms with E-state index in [2.05, 4.69) is 12.2 Å². The van der Waals surface area contributed by atoms with Crippen molar-refractivity contribution >= 4 is 23.2 Å². The van der Waals surface area contributed by atoms with Gasteiger partial charge in [0, 0.05) is 30.3 Å². The zero-order valence-corrected chi connectivity index (χ0v) is 12.2. The molecule has 0 atom stereocenters. The summed E-state index contributed by atoms with van der Waals surface area (Å²) >= 11 is 5.97. The van der Waals surface area contributed by atoms with Gasteiger partial charge < -0.3 is 15.3 Å². The van der Waals surface area contributed by atoms with Crippen LogP contribution in [0.5, 0.6) is 0 Å². The van der Waals surface area contributed by atoms with Crippen LogP contribution in [0.15, 0.2) is 18.2 Å². The van der Waals surface area contributed by atoms with Crippen LogP contribution in [0, 0.1) is 0 Å². The quantitative estimate of drug-likeness (QED) is 0.809. The molecular weight excluding hydrogens is 264 g/mol. The number of hydrogen-bond donors (Lipinski definition) is 2. The largest absolute Gasteiger partial charge is 0.395 e. The lowest BCUT2D eigenvalue weighted by Gasteiger charge is -2.21. The van der Waals surface area contributed by atoms with Crippen molar-refractivity contribution in [1.82, 2.24) is 4.90 Å². The molecule has 19 heavy (non-hydrogen) atoms. The lowest BCUT2D eigenvalue weighted by molar-refractivity contribution is 0.0733. The summed E-state index contributed by atoms with van der Waals surface area (Å²) in [4.78, 5) is 14.0. The number of nitrogens with one attached hydrogen (secondary N) is 1. The number of carbonyl (C=O) groups excluding carboxylic acids is 1. The van der Waals surface area contributed by atoms with Crippen LogP contribution in [-0.2, 0) is 0 Å². The molecule has 0 fully saturated rings. The maximum Gasteiger partial charge on any atom is 0.256 e. The Morgan fingerprint density at radius 1 is 1.42 bits per heavy atom. The Labute approximate surface area is 119 Å². The summed E-state index contributed by atoms with van der Waals surface area (Å²) in [5, 5.41) is 12.7. The van der Waals surface area contributed by atoms with E-state index in [1.807, 2.05) is 13.0 Å². The molecule has 0 aliphatic heterocycles. The van der Waals surface area contributed by atoms with Crippen LogP contribution in [0.1, 0.15) is 30.6 Å². The number of aliphatic hydroxyl groups excluding tert-OH is 1. The van der Waals surface area contributed by atoms with Gasteiger partial charge in [-0.05, 0) is 31.5 Å². The first-order chi connectivity index (χ1) is 9.13. The van der Waals surface area contributed by atoms with Crippen molar-refractivity contribution in [2.45, 2.75) is 20.3 Å². The molecule has 1 aromatic carbocycles. The Morgan fingerprint density at radius 2 is 2.16 bits per heavy atom. The molecule has 0 radical (unpaired) electrons. The van der Waals surface area contributed by atoms with Gasteiger partial charge in [-0.25, -0.2) is 0 Å². The summed E-state index contributed by atoms with van der Waals surface area (Å²) in [5.74, 6) is -0.113. The molecule has 0 aliphatic rings. The maximum atomic E-state index is 12.4. The average molecular weight is 285 g/mol. The lowest BCUT2D eigenvalue weighted by Crippen LogP contribution is -2.33. The Balaban J connectivity index is 3.01. The van der Waals surface area contributed by atoms with E-state index in [1.165, 1.54) is 0 Å². The monoisotopic (exact) mass is 284 g/mol. The Morgan fingerprint density at radius 3 is 2.74 bits per heavy atom. The Hall–Kier alpha value is -1.26. The van der Waals surface area contributed by atoms with E-state index in [-0.39, 0.29) is 12.5 Å². The Bertz CT molecular complexity index is 424. The van der Waals surface area contributed by atoms with Crippen molar-refractivity contribution in [1.29, 1.82) is 0 Å². The van der Waals surface area contributed by atoms with Gasteiger partial charge in [-0.15, -0.1) is 0 Å². The molecule has 5 heteroatoms. The van der Waals surface area contributed by atoms with Crippen LogP contribution in [0.2, 0.25) is 5.02 Å². The van der Waals surface area contributed by atoms with E-state index in [1.54, 1.807) is 17.0 Å². The fraction of sp³-hybridized carbons (Fsp3) is 0.500. The van der Waals surface area contributed by atoms with E-state index in [0.717, 1.165) is 18.7 Å². The predicted molar refractivity (Wildman–Crippen MR) is 78.9 cm³/mol. The minimum atomic E-state index is -0.113. The predicted octanol–water partition coefficient (Wildman–Crippen LogP) is 2.62. The standard InChI is InChI=1S/C14H21ClN2O2/c1-3-7-16-13-6-5-11(15)10-12(13)14(19)17(4-2)8-9-18/h5-6,10,16,18H,3-4,7-9H2,1-2H3. The number of rotatable bonds is 7. The smallest absolute Gasteiger partial charge is 0.256 e. The molecule has 0 aliphatic carbocycles. The van der Waals surface area contributed by atoms with Crippen LogP contribution in [-0.4, -0.2) is 42.2 Å². The van der Waals surface area contributed by atoms with E-state index in [0.29, 0.717) is 23.7 Å². The van der Waals surface area contributed by atoms with Crippen LogP contribution in [0.25, 0.3) is 0 Å². The lowest BCUT2D eigenvalue weighted by atomic mass is 10.1. The number of likely N-dealkylation sites (N-methyl/N-ethyl adjacent to an activating group) is 1. The first-order valence-corrected chi connectivity index (χ1v) is 6.95. The second kappa shape index (κ2) is 8.02. The van der Waals surface area contributed by atoms with E-state index in [9.17, 15) is 4.79 Å². The molecule has 1 aromatic rings. The van der Waals surface area contributed by atoms with E-state index in [4.69, 9.17) is 16.7 Å². The molecule has 0 saturated heterocycles. The third kappa shape index (κ3) is 4.40. The summed E-state index contributed by atoms with van der Waals surface area (Å²) in [6, 6.07) is 5.25. The summed E-state index contributed by atoms with van der Waals surface area (Å²) in [6.45, 7) is 5.59. The average Bonchev–Trinajstić information content (AvgIpc) is 2.42. The molecule has 0 spiro atoms. The van der Waals surface area contributed by atoms with Crippen LogP contribution in [0.3, 0.4) is 0 Å². The van der Waals surface area contributed by atoms with Crippen molar-refractivity contribution < 1.29 is 9.90 Å². The van der Waals surface area contributed by atoms with E-state index < -0.39 is 0 Å². The number of nitrogens with zero attached hydrogens (tertiary/aromatic N) is 1. The Kier molecular flexibility index (Phi) is 6.67. The van der Waals surface area contributed by atoms with Crippen molar-refractivity contribution in [2.75, 3.05) is 31.6 Å². The molecular formula is C14H21ClN2O2. The zero-order valence-electron chi connectivity index (χ0n) is 11.4. The van der Waals surface area contributed by atoms with Crippen LogP contribution < -0.4 is 5.32 Å². The minimum absolute atomic E-state index is 0.0438. The molecule has 0 bridgehead atoms. The summed E-state index contributed by atoms with van der Waals surface area (Å²) in [7, 11) is 0. The van der Waals surface area contributed by atoms with Crippen molar-refractivity contribution in [3.8, 4) is 0 Å². The van der Waals surface area contributed by atoms with E-state index >= 15 is 0 Å². The molecule has 0 aromatic heterocycles. The maximum absolute atomic E-state index is 12.4. The molecule has 1 amide bonds. The highest BCUT2D eigenvalue weighted by atomic mass is 35.5. The molecule has 1 rings (SSSR count). The number of carbonyl (C=O) groups is 1. The first kappa shape index (κ1) is 15.8. The van der Waals surface area contributed by atoms with Gasteiger partial charge >= 0.3 is 0 Å². The van der Waals surface area contributed by atoms with Crippen LogP contribution in [0.4, 0.5) is 5.69 Å². The van der Waals surface area contributed by atoms with Gasteiger partial charge in [0.1, 0.15) is 0 Å². The highest BCUT2D eigenvalue weighted by Crippen LogP contribution is 2.22. The molecule has 0 saturated carbocycles. The normalized spacial score (nSPS) is 10.3. The SMILES string of the molecule is CCCNc1ccc(Cl)cc1C(=O)N(CC)CCO. The molecule has 2 N–H and O–H groups in total. The number of amides is 1. The first-order valence-electron chi connectivity index (χ1n) is 6.57. The van der Waals surface area contributed by atoms with Gasteiger partial charge in [0.25, 0.3) is 5.91 Å². The summed E-state index contributed by atoms with van der Waals surface area (Å²) in [5.41, 5.74) is 1.34. The summed E-state index contributed by atoms with van der Waals surface area (Å²) in [6.07, 6.45) is 0.977. The minimum Gasteiger partial charge on any atom is -0.395 e. The van der Waals surface area contributed by atoms with Gasteiger partial charge in [-0.1, -0.05) is 18.5 Å². The molecule has 0 unspecified atom stereocenters. The topological polar surface area (TPSA) is 52.6 Å². The molecule has 106 valence electrons. The highest BCUT2D eigenvalue weighted by Gasteiger charge is 2.17. The van der Waals surface area contributed by atoms with Crippen LogP contribution >= 0.6 is 11.6 Å². The second-order valence-corrected chi connectivity index (χ2v) is 4.66. The van der Waals surface area contributed by atoms with Gasteiger partial charge in [-0.2, -0.15) is 0 Å². The third-order valence-electron chi connectivity index (χ3n) is 2.82. The fourth-order valence-electron chi connectivity index (χ4n) is 1.80. The zero-order chi connectivity index (χ0) is 14.3.